The van der Waals surface area contributed by atoms with Gasteiger partial charge in [0.1, 0.15) is 5.52 Å². The number of oxazole rings is 1. The van der Waals surface area contributed by atoms with E-state index >= 15 is 0 Å². The highest BCUT2D eigenvalue weighted by Crippen LogP contribution is 2.26. The van der Waals surface area contributed by atoms with Crippen LogP contribution in [0.25, 0.3) is 22.6 Å². The smallest absolute Gasteiger partial charge is 0.253 e. The van der Waals surface area contributed by atoms with Crippen LogP contribution in [0.15, 0.2) is 52.9 Å². The van der Waals surface area contributed by atoms with Gasteiger partial charge >= 0.3 is 0 Å². The van der Waals surface area contributed by atoms with Gasteiger partial charge in [0.2, 0.25) is 11.8 Å². The Labute approximate surface area is 150 Å². The lowest BCUT2D eigenvalue weighted by atomic mass is 10.1. The monoisotopic (exact) mass is 349 g/mol. The first-order valence-corrected chi connectivity index (χ1v) is 8.62. The molecule has 0 aliphatic carbocycles. The quantitative estimate of drug-likeness (QED) is 0.789. The molecule has 2 amide bonds. The Morgan fingerprint density at radius 1 is 1.19 bits per heavy atom. The fraction of sp³-hybridized carbons (Fsp3) is 0.250. The molecule has 1 aliphatic rings. The Morgan fingerprint density at radius 3 is 2.85 bits per heavy atom. The van der Waals surface area contributed by atoms with Gasteiger partial charge in [-0.2, -0.15) is 0 Å². The van der Waals surface area contributed by atoms with Crippen molar-refractivity contribution in [2.75, 3.05) is 20.1 Å². The van der Waals surface area contributed by atoms with Crippen LogP contribution < -0.4 is 5.32 Å². The highest BCUT2D eigenvalue weighted by molar-refractivity contribution is 5.96. The van der Waals surface area contributed by atoms with E-state index < -0.39 is 0 Å². The fourth-order valence-electron chi connectivity index (χ4n) is 3.33. The number of hydrogen-bond donors (Lipinski definition) is 1. The molecule has 0 saturated carbocycles. The van der Waals surface area contributed by atoms with Crippen LogP contribution in [0.3, 0.4) is 0 Å². The molecule has 6 nitrogen and oxygen atoms in total. The minimum atomic E-state index is -0.135. The number of hydrogen-bond acceptors (Lipinski definition) is 4. The van der Waals surface area contributed by atoms with Crippen LogP contribution in [0.4, 0.5) is 0 Å². The van der Waals surface area contributed by atoms with Gasteiger partial charge in [-0.3, -0.25) is 9.59 Å². The largest absolute Gasteiger partial charge is 0.436 e. The van der Waals surface area contributed by atoms with Crippen molar-refractivity contribution in [2.24, 2.45) is 5.92 Å². The number of nitrogens with zero attached hydrogens (tertiary/aromatic N) is 2. The molecular formula is C20H19N3O3. The van der Waals surface area contributed by atoms with Crippen LogP contribution in [-0.2, 0) is 4.79 Å². The summed E-state index contributed by atoms with van der Waals surface area (Å²) in [5.74, 6) is 0.268. The van der Waals surface area contributed by atoms with Crippen molar-refractivity contribution in [1.82, 2.24) is 15.2 Å². The highest BCUT2D eigenvalue weighted by Gasteiger charge is 2.31. The molecule has 0 spiro atoms. The molecule has 4 rings (SSSR count). The van der Waals surface area contributed by atoms with E-state index in [2.05, 4.69) is 10.3 Å². The molecule has 0 radical (unpaired) electrons. The maximum Gasteiger partial charge on any atom is 0.253 e. The molecule has 1 saturated heterocycles. The van der Waals surface area contributed by atoms with Gasteiger partial charge in [-0.25, -0.2) is 4.98 Å². The Balaban J connectivity index is 1.58. The summed E-state index contributed by atoms with van der Waals surface area (Å²) in [5, 5.41) is 2.65. The molecule has 1 unspecified atom stereocenters. The van der Waals surface area contributed by atoms with E-state index in [9.17, 15) is 9.59 Å². The lowest BCUT2D eigenvalue weighted by Crippen LogP contribution is -2.33. The first kappa shape index (κ1) is 16.3. The summed E-state index contributed by atoms with van der Waals surface area (Å²) in [6.45, 7) is 1.04. The first-order valence-electron chi connectivity index (χ1n) is 8.62. The molecule has 2 aromatic carbocycles. The van der Waals surface area contributed by atoms with Gasteiger partial charge in [0.15, 0.2) is 5.58 Å². The molecule has 1 aliphatic heterocycles. The van der Waals surface area contributed by atoms with Crippen molar-refractivity contribution in [2.45, 2.75) is 6.42 Å². The molecule has 1 N–H and O–H groups in total. The highest BCUT2D eigenvalue weighted by atomic mass is 16.3. The standard InChI is InChI=1S/C20H19N3O3/c1-21-18(24)15-9-10-23(12-15)20(25)14-6-4-5-13(11-14)19-22-16-7-2-3-8-17(16)26-19/h2-8,11,15H,9-10,12H2,1H3,(H,21,24). The van der Waals surface area contributed by atoms with Gasteiger partial charge < -0.3 is 14.6 Å². The predicted molar refractivity (Wildman–Crippen MR) is 97.5 cm³/mol. The second-order valence-corrected chi connectivity index (χ2v) is 6.42. The molecule has 1 atom stereocenters. The van der Waals surface area contributed by atoms with Crippen LogP contribution in [0.5, 0.6) is 0 Å². The third kappa shape index (κ3) is 2.94. The normalized spacial score (nSPS) is 16.8. The van der Waals surface area contributed by atoms with Gasteiger partial charge in [0, 0.05) is 31.3 Å². The van der Waals surface area contributed by atoms with E-state index in [0.717, 1.165) is 11.1 Å². The van der Waals surface area contributed by atoms with Crippen LogP contribution in [0, 0.1) is 5.92 Å². The first-order chi connectivity index (χ1) is 12.7. The van der Waals surface area contributed by atoms with Crippen molar-refractivity contribution < 1.29 is 14.0 Å². The number of amides is 2. The van der Waals surface area contributed by atoms with E-state index in [-0.39, 0.29) is 17.7 Å². The van der Waals surface area contributed by atoms with Gasteiger partial charge in [0.05, 0.1) is 5.92 Å². The zero-order chi connectivity index (χ0) is 18.1. The zero-order valence-electron chi connectivity index (χ0n) is 14.4. The van der Waals surface area contributed by atoms with Crippen LogP contribution in [0.2, 0.25) is 0 Å². The Morgan fingerprint density at radius 2 is 2.04 bits per heavy atom. The molecule has 132 valence electrons. The van der Waals surface area contributed by atoms with Gasteiger partial charge in [-0.15, -0.1) is 0 Å². The summed E-state index contributed by atoms with van der Waals surface area (Å²) in [4.78, 5) is 30.8. The zero-order valence-corrected chi connectivity index (χ0v) is 14.4. The van der Waals surface area contributed by atoms with Crippen LogP contribution >= 0.6 is 0 Å². The summed E-state index contributed by atoms with van der Waals surface area (Å²) >= 11 is 0. The van der Waals surface area contributed by atoms with Crippen molar-refractivity contribution in [3.63, 3.8) is 0 Å². The molecule has 1 aromatic heterocycles. The van der Waals surface area contributed by atoms with Crippen molar-refractivity contribution in [1.29, 1.82) is 0 Å². The molecular weight excluding hydrogens is 330 g/mol. The van der Waals surface area contributed by atoms with Crippen LogP contribution in [0.1, 0.15) is 16.8 Å². The number of carbonyl (C=O) groups excluding carboxylic acids is 2. The second-order valence-electron chi connectivity index (χ2n) is 6.42. The van der Waals surface area contributed by atoms with Gasteiger partial charge in [0.25, 0.3) is 5.91 Å². The number of nitrogens with one attached hydrogen (secondary N) is 1. The topological polar surface area (TPSA) is 75.4 Å². The lowest BCUT2D eigenvalue weighted by molar-refractivity contribution is -0.124. The summed E-state index contributed by atoms with van der Waals surface area (Å²) in [7, 11) is 1.62. The minimum absolute atomic E-state index is 0.0134. The summed E-state index contributed by atoms with van der Waals surface area (Å²) < 4.78 is 5.79. The molecule has 1 fully saturated rings. The number of aromatic nitrogens is 1. The number of rotatable bonds is 3. The molecule has 26 heavy (non-hydrogen) atoms. The predicted octanol–water partition coefficient (Wildman–Crippen LogP) is 2.70. The summed E-state index contributed by atoms with van der Waals surface area (Å²) in [5.41, 5.74) is 2.83. The minimum Gasteiger partial charge on any atom is -0.436 e. The number of likely N-dealkylation sites (tertiary alicyclic amines) is 1. The van der Waals surface area contributed by atoms with E-state index in [1.165, 1.54) is 0 Å². The molecule has 3 aromatic rings. The Hall–Kier alpha value is -3.15. The number of para-hydroxylation sites is 2. The summed E-state index contributed by atoms with van der Waals surface area (Å²) in [6, 6.07) is 14.8. The third-order valence-electron chi connectivity index (χ3n) is 4.74. The maximum atomic E-state index is 12.8. The van der Waals surface area contributed by atoms with E-state index in [1.54, 1.807) is 24.1 Å². The van der Waals surface area contributed by atoms with Crippen molar-refractivity contribution >= 4 is 22.9 Å². The van der Waals surface area contributed by atoms with E-state index in [4.69, 9.17) is 4.42 Å². The van der Waals surface area contributed by atoms with E-state index in [1.807, 2.05) is 36.4 Å². The average molecular weight is 349 g/mol. The van der Waals surface area contributed by atoms with Crippen molar-refractivity contribution in [3.05, 3.63) is 54.1 Å². The Kier molecular flexibility index (Phi) is 4.16. The fourth-order valence-corrected chi connectivity index (χ4v) is 3.33. The molecule has 6 heteroatoms. The third-order valence-corrected chi connectivity index (χ3v) is 4.74. The number of carbonyl (C=O) groups is 2. The maximum absolute atomic E-state index is 12.8. The van der Waals surface area contributed by atoms with Crippen LogP contribution in [-0.4, -0.2) is 41.8 Å². The van der Waals surface area contributed by atoms with Gasteiger partial charge in [-0.05, 0) is 36.8 Å². The molecule has 2 heterocycles. The number of fused-ring (bicyclic) bond motifs is 1. The number of benzene rings is 2. The average Bonchev–Trinajstić information content (AvgIpc) is 3.34. The Bertz CT molecular complexity index is 946. The SMILES string of the molecule is CNC(=O)C1CCN(C(=O)c2cccc(-c3nc4ccccc4o3)c2)C1. The van der Waals surface area contributed by atoms with Crippen molar-refractivity contribution in [3.8, 4) is 11.5 Å². The summed E-state index contributed by atoms with van der Waals surface area (Å²) in [6.07, 6.45) is 0.691. The van der Waals surface area contributed by atoms with Gasteiger partial charge in [-0.1, -0.05) is 18.2 Å². The molecule has 0 bridgehead atoms. The lowest BCUT2D eigenvalue weighted by Gasteiger charge is -2.16. The van der Waals surface area contributed by atoms with E-state index in [0.29, 0.717) is 36.5 Å². The second kappa shape index (κ2) is 6.63.